The lowest BCUT2D eigenvalue weighted by atomic mass is 10.1. The summed E-state index contributed by atoms with van der Waals surface area (Å²) in [5.74, 6) is 0.124. The van der Waals surface area contributed by atoms with Crippen LogP contribution in [0.2, 0.25) is 0 Å². The number of benzene rings is 1. The number of amides is 1. The third-order valence-electron chi connectivity index (χ3n) is 4.55. The molecule has 2 N–H and O–H groups in total. The first kappa shape index (κ1) is 19.6. The number of hydrogen-bond donors (Lipinski definition) is 2. The van der Waals surface area contributed by atoms with Gasteiger partial charge in [0.05, 0.1) is 22.3 Å². The molecule has 4 rings (SSSR count). The zero-order chi connectivity index (χ0) is 20.4. The SMILES string of the molecule is CC1Oc2ccc(S(=O)(=O)NC(Cc3ccsc3)c3ccccn3)cc2NC1=O. The van der Waals surface area contributed by atoms with E-state index in [4.69, 9.17) is 4.74 Å². The molecular formula is C20H19N3O4S2. The van der Waals surface area contributed by atoms with E-state index < -0.39 is 22.2 Å². The fourth-order valence-electron chi connectivity index (χ4n) is 3.04. The second kappa shape index (κ2) is 7.94. The molecule has 0 radical (unpaired) electrons. The number of rotatable bonds is 6. The molecule has 3 aromatic rings. The minimum Gasteiger partial charge on any atom is -0.479 e. The number of fused-ring (bicyclic) bond motifs is 1. The maximum atomic E-state index is 13.1. The number of nitrogens with zero attached hydrogens (tertiary/aromatic N) is 1. The highest BCUT2D eigenvalue weighted by Crippen LogP contribution is 2.32. The van der Waals surface area contributed by atoms with Gasteiger partial charge in [0.1, 0.15) is 5.75 Å². The number of pyridine rings is 1. The Balaban J connectivity index is 1.63. The summed E-state index contributed by atoms with van der Waals surface area (Å²) in [6.45, 7) is 1.63. The smallest absolute Gasteiger partial charge is 0.265 e. The highest BCUT2D eigenvalue weighted by Gasteiger charge is 2.27. The lowest BCUT2D eigenvalue weighted by Crippen LogP contribution is -2.35. The normalized spacial score (nSPS) is 17.1. The minimum absolute atomic E-state index is 0.0425. The predicted octanol–water partition coefficient (Wildman–Crippen LogP) is 3.12. The first-order valence-corrected chi connectivity index (χ1v) is 11.4. The second-order valence-corrected chi connectivity index (χ2v) is 9.17. The molecule has 2 aromatic heterocycles. The molecule has 0 spiro atoms. The molecule has 2 atom stereocenters. The average molecular weight is 430 g/mol. The highest BCUT2D eigenvalue weighted by molar-refractivity contribution is 7.89. The fraction of sp³-hybridized carbons (Fsp3) is 0.200. The van der Waals surface area contributed by atoms with Gasteiger partial charge in [-0.05, 0) is 66.1 Å². The lowest BCUT2D eigenvalue weighted by molar-refractivity contribution is -0.122. The van der Waals surface area contributed by atoms with Gasteiger partial charge in [-0.3, -0.25) is 9.78 Å². The molecule has 0 aliphatic carbocycles. The van der Waals surface area contributed by atoms with E-state index in [1.165, 1.54) is 12.1 Å². The van der Waals surface area contributed by atoms with Crippen molar-refractivity contribution in [2.75, 3.05) is 5.32 Å². The number of thiophene rings is 1. The van der Waals surface area contributed by atoms with Crippen molar-refractivity contribution < 1.29 is 17.9 Å². The van der Waals surface area contributed by atoms with Crippen LogP contribution in [0.5, 0.6) is 5.75 Å². The van der Waals surface area contributed by atoms with Crippen LogP contribution >= 0.6 is 11.3 Å². The Labute approximate surface area is 172 Å². The second-order valence-electron chi connectivity index (χ2n) is 6.67. The maximum Gasteiger partial charge on any atom is 0.265 e. The summed E-state index contributed by atoms with van der Waals surface area (Å²) in [5.41, 5.74) is 1.99. The highest BCUT2D eigenvalue weighted by atomic mass is 32.2. The summed E-state index contributed by atoms with van der Waals surface area (Å²) in [6, 6.07) is 11.2. The van der Waals surface area contributed by atoms with Crippen molar-refractivity contribution in [1.82, 2.24) is 9.71 Å². The molecule has 1 aliphatic heterocycles. The molecule has 3 heterocycles. The van der Waals surface area contributed by atoms with Crippen molar-refractivity contribution >= 4 is 33.0 Å². The summed E-state index contributed by atoms with van der Waals surface area (Å²) in [6.07, 6.45) is 1.49. The molecule has 9 heteroatoms. The van der Waals surface area contributed by atoms with Crippen LogP contribution in [0.4, 0.5) is 5.69 Å². The van der Waals surface area contributed by atoms with Gasteiger partial charge < -0.3 is 10.1 Å². The van der Waals surface area contributed by atoms with Crippen LogP contribution in [0.15, 0.2) is 64.3 Å². The monoisotopic (exact) mass is 429 g/mol. The molecule has 1 aromatic carbocycles. The van der Waals surface area contributed by atoms with Crippen molar-refractivity contribution in [3.63, 3.8) is 0 Å². The zero-order valence-electron chi connectivity index (χ0n) is 15.5. The molecule has 0 fully saturated rings. The Morgan fingerprint density at radius 2 is 2.14 bits per heavy atom. The minimum atomic E-state index is -3.87. The largest absolute Gasteiger partial charge is 0.479 e. The van der Waals surface area contributed by atoms with Crippen LogP contribution in [-0.2, 0) is 21.2 Å². The molecular weight excluding hydrogens is 410 g/mol. The summed E-state index contributed by atoms with van der Waals surface area (Å²) in [7, 11) is -3.87. The van der Waals surface area contributed by atoms with Gasteiger partial charge in [0.15, 0.2) is 6.10 Å². The number of anilines is 1. The van der Waals surface area contributed by atoms with Gasteiger partial charge >= 0.3 is 0 Å². The van der Waals surface area contributed by atoms with Gasteiger partial charge in [0.2, 0.25) is 10.0 Å². The Morgan fingerprint density at radius 1 is 1.28 bits per heavy atom. The summed E-state index contributed by atoms with van der Waals surface area (Å²) in [4.78, 5) is 16.2. The quantitative estimate of drug-likeness (QED) is 0.627. The van der Waals surface area contributed by atoms with E-state index in [-0.39, 0.29) is 10.8 Å². The molecule has 1 aliphatic rings. The van der Waals surface area contributed by atoms with Crippen LogP contribution in [-0.4, -0.2) is 25.4 Å². The van der Waals surface area contributed by atoms with E-state index in [2.05, 4.69) is 15.0 Å². The lowest BCUT2D eigenvalue weighted by Gasteiger charge is -2.24. The molecule has 0 saturated heterocycles. The van der Waals surface area contributed by atoms with E-state index in [9.17, 15) is 13.2 Å². The third kappa shape index (κ3) is 4.31. The molecule has 0 saturated carbocycles. The number of carbonyl (C=O) groups excluding carboxylic acids is 1. The average Bonchev–Trinajstić information content (AvgIpc) is 3.22. The van der Waals surface area contributed by atoms with Crippen molar-refractivity contribution in [1.29, 1.82) is 0 Å². The van der Waals surface area contributed by atoms with Crippen molar-refractivity contribution in [2.45, 2.75) is 30.4 Å². The van der Waals surface area contributed by atoms with Gasteiger partial charge in [0.25, 0.3) is 5.91 Å². The van der Waals surface area contributed by atoms with Crippen LogP contribution in [0, 0.1) is 0 Å². The number of sulfonamides is 1. The Morgan fingerprint density at radius 3 is 2.86 bits per heavy atom. The van der Waals surface area contributed by atoms with Crippen molar-refractivity contribution in [3.8, 4) is 5.75 Å². The molecule has 29 heavy (non-hydrogen) atoms. The maximum absolute atomic E-state index is 13.1. The fourth-order valence-corrected chi connectivity index (χ4v) is 4.96. The van der Waals surface area contributed by atoms with E-state index in [0.29, 0.717) is 23.6 Å². The number of hydrogen-bond acceptors (Lipinski definition) is 6. The predicted molar refractivity (Wildman–Crippen MR) is 110 cm³/mol. The van der Waals surface area contributed by atoms with Gasteiger partial charge in [-0.2, -0.15) is 11.3 Å². The van der Waals surface area contributed by atoms with Gasteiger partial charge in [0, 0.05) is 6.20 Å². The van der Waals surface area contributed by atoms with E-state index in [1.807, 2.05) is 22.9 Å². The Bertz CT molecular complexity index is 1120. The number of carbonyl (C=O) groups is 1. The molecule has 7 nitrogen and oxygen atoms in total. The van der Waals surface area contributed by atoms with Crippen molar-refractivity contribution in [3.05, 3.63) is 70.7 Å². The molecule has 2 unspecified atom stereocenters. The number of ether oxygens (including phenoxy) is 1. The standard InChI is InChI=1S/C20H19N3O4S2/c1-13-20(24)22-18-11-15(5-6-19(18)27-13)29(25,26)23-17(10-14-7-9-28-12-14)16-4-2-3-8-21-16/h2-9,11-13,17,23H,10H2,1H3,(H,22,24). The molecule has 1 amide bonds. The number of aromatic nitrogens is 1. The van der Waals surface area contributed by atoms with Crippen LogP contribution < -0.4 is 14.8 Å². The van der Waals surface area contributed by atoms with Crippen LogP contribution in [0.25, 0.3) is 0 Å². The Kier molecular flexibility index (Phi) is 5.35. The van der Waals surface area contributed by atoms with Crippen molar-refractivity contribution in [2.24, 2.45) is 0 Å². The van der Waals surface area contributed by atoms with Gasteiger partial charge in [-0.1, -0.05) is 6.07 Å². The van der Waals surface area contributed by atoms with Crippen LogP contribution in [0.1, 0.15) is 24.2 Å². The third-order valence-corrected chi connectivity index (χ3v) is 6.76. The Hall–Kier alpha value is -2.75. The topological polar surface area (TPSA) is 97.4 Å². The van der Waals surface area contributed by atoms with Crippen LogP contribution in [0.3, 0.4) is 0 Å². The van der Waals surface area contributed by atoms with Gasteiger partial charge in [-0.25, -0.2) is 13.1 Å². The van der Waals surface area contributed by atoms with E-state index in [1.54, 1.807) is 42.7 Å². The van der Waals surface area contributed by atoms with E-state index >= 15 is 0 Å². The summed E-state index contributed by atoms with van der Waals surface area (Å²) in [5, 5.41) is 6.61. The zero-order valence-corrected chi connectivity index (χ0v) is 17.2. The first-order chi connectivity index (χ1) is 13.9. The summed E-state index contributed by atoms with van der Waals surface area (Å²) >= 11 is 1.56. The number of nitrogens with one attached hydrogen (secondary N) is 2. The summed E-state index contributed by atoms with van der Waals surface area (Å²) < 4.78 is 34.4. The molecule has 0 bridgehead atoms. The molecule has 150 valence electrons. The van der Waals surface area contributed by atoms with Gasteiger partial charge in [-0.15, -0.1) is 0 Å². The van der Waals surface area contributed by atoms with E-state index in [0.717, 1.165) is 5.56 Å². The first-order valence-electron chi connectivity index (χ1n) is 8.98.